The van der Waals surface area contributed by atoms with Crippen molar-refractivity contribution in [3.63, 3.8) is 0 Å². The van der Waals surface area contributed by atoms with Crippen molar-refractivity contribution in [2.45, 2.75) is 24.2 Å². The van der Waals surface area contributed by atoms with Crippen LogP contribution in [0.3, 0.4) is 0 Å². The topological polar surface area (TPSA) is 57.9 Å². The number of hydrogen-bond donors (Lipinski definition) is 0. The second-order valence-electron chi connectivity index (χ2n) is 7.47. The van der Waals surface area contributed by atoms with Crippen LogP contribution in [0.4, 0.5) is 0 Å². The summed E-state index contributed by atoms with van der Waals surface area (Å²) in [7, 11) is 4.78. The predicted molar refractivity (Wildman–Crippen MR) is 113 cm³/mol. The maximum absolute atomic E-state index is 12.8. The minimum absolute atomic E-state index is 0.149. The van der Waals surface area contributed by atoms with E-state index >= 15 is 0 Å². The number of methoxy groups -OCH3 is 3. The molecule has 0 atom stereocenters. The summed E-state index contributed by atoms with van der Waals surface area (Å²) in [6.45, 7) is 6.75. The third-order valence-corrected chi connectivity index (χ3v) is 8.24. The van der Waals surface area contributed by atoms with Gasteiger partial charge in [0.15, 0.2) is 0 Å². The van der Waals surface area contributed by atoms with Crippen LogP contribution in [0.25, 0.3) is 22.3 Å². The Bertz CT molecular complexity index is 1060. The fourth-order valence-electron chi connectivity index (χ4n) is 3.01. The Kier molecular flexibility index (Phi) is 5.93. The third-order valence-electron chi connectivity index (χ3n) is 4.22. The van der Waals surface area contributed by atoms with Crippen molar-refractivity contribution in [1.82, 2.24) is 0 Å². The summed E-state index contributed by atoms with van der Waals surface area (Å²) in [6.07, 6.45) is 0. The molecule has 28 heavy (non-hydrogen) atoms. The van der Waals surface area contributed by atoms with Crippen molar-refractivity contribution in [3.05, 3.63) is 46.6 Å². The molecule has 0 unspecified atom stereocenters. The number of fused-ring (bicyclic) bond motifs is 1. The summed E-state index contributed by atoms with van der Waals surface area (Å²) in [4.78, 5) is 12.8. The Morgan fingerprint density at radius 2 is 1.61 bits per heavy atom. The van der Waals surface area contributed by atoms with Gasteiger partial charge in [0.1, 0.15) is 0 Å². The van der Waals surface area contributed by atoms with Gasteiger partial charge in [-0.25, -0.2) is 0 Å². The van der Waals surface area contributed by atoms with Gasteiger partial charge in [0.25, 0.3) is 0 Å². The maximum atomic E-state index is 12.8. The predicted octanol–water partition coefficient (Wildman–Crippen LogP) is 4.03. The van der Waals surface area contributed by atoms with Crippen LogP contribution in [-0.4, -0.2) is 42.5 Å². The average Bonchev–Trinajstić information content (AvgIpc) is 2.65. The van der Waals surface area contributed by atoms with E-state index < -0.39 is 21.1 Å². The zero-order valence-electron chi connectivity index (χ0n) is 17.0. The molecular weight excluding hydrogens is 463 g/mol. The molecule has 1 aromatic heterocycles. The Labute approximate surface area is 174 Å². The molecule has 0 N–H and O–H groups in total. The van der Waals surface area contributed by atoms with Crippen LogP contribution in [-0.2, 0) is 0 Å². The SMILES string of the molecule is COc1cc(OC)c2c(=O)cc(-c3ccc(OC)[c]([Sn][C](C)(C)C)c3)oc2c1. The van der Waals surface area contributed by atoms with E-state index in [0.717, 1.165) is 11.3 Å². The number of benzene rings is 2. The monoisotopic (exact) mass is 488 g/mol. The Balaban J connectivity index is 2.18. The Morgan fingerprint density at radius 1 is 0.893 bits per heavy atom. The molecule has 6 heteroatoms. The quantitative estimate of drug-likeness (QED) is 0.509. The van der Waals surface area contributed by atoms with Gasteiger partial charge >= 0.3 is 175 Å². The van der Waals surface area contributed by atoms with E-state index in [0.29, 0.717) is 28.2 Å². The van der Waals surface area contributed by atoms with E-state index in [2.05, 4.69) is 26.8 Å². The molecule has 3 aromatic rings. The average molecular weight is 487 g/mol. The zero-order valence-corrected chi connectivity index (χ0v) is 19.9. The molecule has 3 rings (SSSR count). The minimum atomic E-state index is -0.916. The zero-order chi connectivity index (χ0) is 20.5. The molecule has 2 radical (unpaired) electrons. The molecule has 0 amide bonds. The van der Waals surface area contributed by atoms with Crippen LogP contribution in [0.15, 0.2) is 45.6 Å². The first-order valence-corrected chi connectivity index (χ1v) is 11.8. The first-order valence-electron chi connectivity index (χ1n) is 8.92. The van der Waals surface area contributed by atoms with E-state index in [-0.39, 0.29) is 8.86 Å². The summed E-state index contributed by atoms with van der Waals surface area (Å²) in [5.74, 6) is 2.43. The number of hydrogen-bond acceptors (Lipinski definition) is 5. The Hall–Kier alpha value is -2.15. The third kappa shape index (κ3) is 4.29. The second-order valence-corrected chi connectivity index (χ2v) is 14.0. The molecule has 5 nitrogen and oxygen atoms in total. The van der Waals surface area contributed by atoms with Crippen molar-refractivity contribution in [2.24, 2.45) is 0 Å². The summed E-state index contributed by atoms with van der Waals surface area (Å²) in [5, 5.41) is 0.409. The Morgan fingerprint density at radius 3 is 2.21 bits per heavy atom. The second kappa shape index (κ2) is 8.07. The van der Waals surface area contributed by atoms with Crippen molar-refractivity contribution < 1.29 is 18.6 Å². The first-order chi connectivity index (χ1) is 13.3. The number of rotatable bonds is 5. The van der Waals surface area contributed by atoms with Crippen molar-refractivity contribution in [2.75, 3.05) is 21.3 Å². The van der Waals surface area contributed by atoms with Crippen molar-refractivity contribution >= 4 is 35.7 Å². The number of ether oxygens (including phenoxy) is 3. The van der Waals surface area contributed by atoms with E-state index in [1.165, 1.54) is 16.8 Å². The van der Waals surface area contributed by atoms with Crippen molar-refractivity contribution in [1.29, 1.82) is 0 Å². The molecule has 0 saturated carbocycles. The summed E-state index contributed by atoms with van der Waals surface area (Å²) in [5.41, 5.74) is 1.15. The van der Waals surface area contributed by atoms with E-state index in [4.69, 9.17) is 18.6 Å². The van der Waals surface area contributed by atoms with Gasteiger partial charge in [-0.05, 0) is 0 Å². The van der Waals surface area contributed by atoms with Gasteiger partial charge in [0.05, 0.1) is 0 Å². The molecule has 0 fully saturated rings. The van der Waals surface area contributed by atoms with Gasteiger partial charge in [-0.15, -0.1) is 0 Å². The van der Waals surface area contributed by atoms with Gasteiger partial charge in [0.2, 0.25) is 0 Å². The molecule has 0 spiro atoms. The van der Waals surface area contributed by atoms with Crippen LogP contribution in [0, 0.1) is 0 Å². The van der Waals surface area contributed by atoms with E-state index in [1.807, 2.05) is 12.1 Å². The summed E-state index contributed by atoms with van der Waals surface area (Å²) < 4.78 is 23.8. The van der Waals surface area contributed by atoms with Gasteiger partial charge in [-0.1, -0.05) is 0 Å². The van der Waals surface area contributed by atoms with Crippen LogP contribution in [0.1, 0.15) is 20.8 Å². The first kappa shape index (κ1) is 20.6. The van der Waals surface area contributed by atoms with Crippen molar-refractivity contribution in [3.8, 4) is 28.6 Å². The standard InChI is InChI=1S/C18H15O5.C4H9.Sn/c1-20-12-6-4-11(5-7-12)15-10-14(19)18-16(22-3)8-13(21-2)9-17(18)23-15;1-4(2)3;/h4-6,8-10H,1-3H3;1-3H3;. The van der Waals surface area contributed by atoms with Gasteiger partial charge in [-0.3, -0.25) is 0 Å². The van der Waals surface area contributed by atoms with Crippen LogP contribution in [0.2, 0.25) is 3.43 Å². The summed E-state index contributed by atoms with van der Waals surface area (Å²) in [6, 6.07) is 10.9. The van der Waals surface area contributed by atoms with Crippen LogP contribution in [0.5, 0.6) is 17.2 Å². The van der Waals surface area contributed by atoms with Crippen LogP contribution >= 0.6 is 0 Å². The molecule has 0 aliphatic rings. The molecular formula is C22H24O5Sn. The van der Waals surface area contributed by atoms with E-state index in [1.54, 1.807) is 26.4 Å². The summed E-state index contributed by atoms with van der Waals surface area (Å²) >= 11 is -0.916. The molecule has 1 heterocycles. The molecule has 0 aliphatic heterocycles. The van der Waals surface area contributed by atoms with Gasteiger partial charge in [0, 0.05) is 0 Å². The van der Waals surface area contributed by atoms with E-state index in [9.17, 15) is 4.79 Å². The normalized spacial score (nSPS) is 11.5. The van der Waals surface area contributed by atoms with Gasteiger partial charge in [-0.2, -0.15) is 0 Å². The molecule has 0 aliphatic carbocycles. The fraction of sp³-hybridized carbons (Fsp3) is 0.318. The molecule has 0 bridgehead atoms. The molecule has 0 saturated heterocycles. The molecule has 2 aromatic carbocycles. The fourth-order valence-corrected chi connectivity index (χ4v) is 6.85. The molecule has 146 valence electrons. The van der Waals surface area contributed by atoms with Gasteiger partial charge < -0.3 is 0 Å². The van der Waals surface area contributed by atoms with Crippen LogP contribution < -0.4 is 23.2 Å².